The van der Waals surface area contributed by atoms with Gasteiger partial charge in [0.25, 0.3) is 0 Å². The van der Waals surface area contributed by atoms with Crippen LogP contribution in [0.2, 0.25) is 0 Å². The van der Waals surface area contributed by atoms with Crippen LogP contribution in [0, 0.1) is 6.92 Å². The van der Waals surface area contributed by atoms with E-state index in [4.69, 9.17) is 6.92 Å². The topological polar surface area (TPSA) is 29.1 Å². The van der Waals surface area contributed by atoms with Crippen molar-refractivity contribution in [2.75, 3.05) is 6.54 Å². The van der Waals surface area contributed by atoms with Crippen LogP contribution >= 0.6 is 0 Å². The molecular formula is C6H9NO. The van der Waals surface area contributed by atoms with Crippen molar-refractivity contribution in [1.29, 1.82) is 0 Å². The van der Waals surface area contributed by atoms with E-state index in [0.717, 1.165) is 19.4 Å². The number of ketones is 1. The number of carbonyl (C=O) groups is 1. The van der Waals surface area contributed by atoms with Crippen molar-refractivity contribution in [3.63, 3.8) is 0 Å². The highest BCUT2D eigenvalue weighted by molar-refractivity contribution is 5.87. The molecular weight excluding hydrogens is 102 g/mol. The van der Waals surface area contributed by atoms with Crippen molar-refractivity contribution in [1.82, 2.24) is 5.32 Å². The van der Waals surface area contributed by atoms with E-state index >= 15 is 0 Å². The van der Waals surface area contributed by atoms with Crippen molar-refractivity contribution < 1.29 is 4.79 Å². The van der Waals surface area contributed by atoms with E-state index in [1.807, 2.05) is 0 Å². The Bertz CT molecular complexity index is 94.7. The molecule has 0 aromatic carbocycles. The number of Topliss-reactive ketones (excluding diaryl/α,β-unsaturated/α-hetero) is 1. The lowest BCUT2D eigenvalue weighted by Crippen LogP contribution is -2.28. The summed E-state index contributed by atoms with van der Waals surface area (Å²) in [7, 11) is 0. The molecule has 0 amide bonds. The van der Waals surface area contributed by atoms with E-state index in [1.165, 1.54) is 0 Å². The summed E-state index contributed by atoms with van der Waals surface area (Å²) in [6.45, 7) is 5.93. The standard InChI is InChI=1S/C6H9NO/c1-5(8)6-3-2-4-7-6/h1,6-7H,2-4H2/t6-/m0/s1. The van der Waals surface area contributed by atoms with Gasteiger partial charge in [-0.2, -0.15) is 0 Å². The van der Waals surface area contributed by atoms with Gasteiger partial charge in [0, 0.05) is 6.92 Å². The van der Waals surface area contributed by atoms with Crippen LogP contribution in [0.3, 0.4) is 0 Å². The Labute approximate surface area is 49.3 Å². The Morgan fingerprint density at radius 1 is 1.75 bits per heavy atom. The molecule has 1 aliphatic heterocycles. The molecule has 1 atom stereocenters. The molecule has 1 rings (SSSR count). The van der Waals surface area contributed by atoms with Crippen molar-refractivity contribution in [2.24, 2.45) is 0 Å². The second-order valence-corrected chi connectivity index (χ2v) is 2.05. The van der Waals surface area contributed by atoms with Crippen LogP contribution in [0.1, 0.15) is 12.8 Å². The molecule has 8 heavy (non-hydrogen) atoms. The molecule has 0 aromatic heterocycles. The number of rotatable bonds is 1. The highest BCUT2D eigenvalue weighted by Crippen LogP contribution is 2.04. The first-order valence-electron chi connectivity index (χ1n) is 2.83. The number of nitrogens with one attached hydrogen (secondary N) is 1. The summed E-state index contributed by atoms with van der Waals surface area (Å²) < 4.78 is 0. The molecule has 44 valence electrons. The SMILES string of the molecule is [CH]C(=O)[C@@H]1CCCN1. The molecule has 2 nitrogen and oxygen atoms in total. The Hall–Kier alpha value is -0.370. The quantitative estimate of drug-likeness (QED) is 0.516. The fraction of sp³-hybridized carbons (Fsp3) is 0.667. The molecule has 0 bridgehead atoms. The van der Waals surface area contributed by atoms with E-state index < -0.39 is 0 Å². The molecule has 1 N–H and O–H groups in total. The second kappa shape index (κ2) is 2.27. The third kappa shape index (κ3) is 1.07. The minimum absolute atomic E-state index is 0.0463. The maximum Gasteiger partial charge on any atom is 0.154 e. The molecule has 0 aromatic rings. The monoisotopic (exact) mass is 111 g/mol. The smallest absolute Gasteiger partial charge is 0.154 e. The molecule has 1 saturated heterocycles. The fourth-order valence-corrected chi connectivity index (χ4v) is 0.927. The highest BCUT2D eigenvalue weighted by atomic mass is 16.1. The van der Waals surface area contributed by atoms with Gasteiger partial charge in [0.1, 0.15) is 0 Å². The van der Waals surface area contributed by atoms with Gasteiger partial charge in [0.2, 0.25) is 0 Å². The molecule has 2 heteroatoms. The van der Waals surface area contributed by atoms with Crippen LogP contribution in [-0.4, -0.2) is 18.4 Å². The van der Waals surface area contributed by atoms with Crippen molar-refractivity contribution in [3.8, 4) is 0 Å². The average Bonchev–Trinajstić information content (AvgIpc) is 2.12. The summed E-state index contributed by atoms with van der Waals surface area (Å²) in [5.74, 6) is -0.220. The predicted molar refractivity (Wildman–Crippen MR) is 30.3 cm³/mol. The molecule has 0 aliphatic carbocycles. The Morgan fingerprint density at radius 2 is 2.50 bits per heavy atom. The largest absolute Gasteiger partial charge is 0.307 e. The molecule has 1 heterocycles. The summed E-state index contributed by atoms with van der Waals surface area (Å²) in [6.07, 6.45) is 1.99. The van der Waals surface area contributed by atoms with E-state index in [-0.39, 0.29) is 11.8 Å². The van der Waals surface area contributed by atoms with Crippen LogP contribution in [0.15, 0.2) is 0 Å². The van der Waals surface area contributed by atoms with Gasteiger partial charge in [0.05, 0.1) is 6.04 Å². The third-order valence-corrected chi connectivity index (χ3v) is 1.40. The van der Waals surface area contributed by atoms with Crippen molar-refractivity contribution >= 4 is 5.78 Å². The predicted octanol–water partition coefficient (Wildman–Crippen LogP) is 0.0186. The number of carbonyl (C=O) groups excluding carboxylic acids is 1. The molecule has 2 radical (unpaired) electrons. The van der Waals surface area contributed by atoms with E-state index in [2.05, 4.69) is 5.32 Å². The summed E-state index contributed by atoms with van der Waals surface area (Å²) >= 11 is 0. The number of hydrogen-bond acceptors (Lipinski definition) is 2. The molecule has 0 spiro atoms. The lowest BCUT2D eigenvalue weighted by molar-refractivity contribution is -0.116. The van der Waals surface area contributed by atoms with E-state index in [0.29, 0.717) is 0 Å². The minimum atomic E-state index is -0.220. The van der Waals surface area contributed by atoms with Gasteiger partial charge < -0.3 is 5.32 Å². The third-order valence-electron chi connectivity index (χ3n) is 1.40. The van der Waals surface area contributed by atoms with Crippen LogP contribution < -0.4 is 5.32 Å². The Kier molecular flexibility index (Phi) is 1.63. The van der Waals surface area contributed by atoms with Gasteiger partial charge in [0.15, 0.2) is 5.78 Å². The van der Waals surface area contributed by atoms with Crippen molar-refractivity contribution in [3.05, 3.63) is 6.92 Å². The van der Waals surface area contributed by atoms with Crippen LogP contribution in [0.4, 0.5) is 0 Å². The lowest BCUT2D eigenvalue weighted by Gasteiger charge is -2.01. The van der Waals surface area contributed by atoms with Crippen LogP contribution in [0.25, 0.3) is 0 Å². The Morgan fingerprint density at radius 3 is 2.75 bits per heavy atom. The summed E-state index contributed by atoms with van der Waals surface area (Å²) in [6, 6.07) is -0.0463. The zero-order valence-corrected chi connectivity index (χ0v) is 4.68. The summed E-state index contributed by atoms with van der Waals surface area (Å²) in [5, 5.41) is 2.98. The van der Waals surface area contributed by atoms with Gasteiger partial charge in [-0.25, -0.2) is 0 Å². The molecule has 1 aliphatic rings. The maximum atomic E-state index is 10.4. The summed E-state index contributed by atoms with van der Waals surface area (Å²) in [4.78, 5) is 10.4. The zero-order chi connectivity index (χ0) is 5.98. The maximum absolute atomic E-state index is 10.4. The first-order chi connectivity index (χ1) is 3.80. The van der Waals surface area contributed by atoms with Crippen LogP contribution in [0.5, 0.6) is 0 Å². The van der Waals surface area contributed by atoms with Gasteiger partial charge in [-0.15, -0.1) is 0 Å². The van der Waals surface area contributed by atoms with Crippen LogP contribution in [-0.2, 0) is 4.79 Å². The molecule has 0 unspecified atom stereocenters. The van der Waals surface area contributed by atoms with Gasteiger partial charge in [-0.3, -0.25) is 4.79 Å². The van der Waals surface area contributed by atoms with Gasteiger partial charge in [-0.1, -0.05) is 0 Å². The average molecular weight is 111 g/mol. The zero-order valence-electron chi connectivity index (χ0n) is 4.68. The first-order valence-corrected chi connectivity index (χ1v) is 2.83. The highest BCUT2D eigenvalue weighted by Gasteiger charge is 2.17. The Balaban J connectivity index is 2.35. The van der Waals surface area contributed by atoms with E-state index in [9.17, 15) is 4.79 Å². The summed E-state index contributed by atoms with van der Waals surface area (Å²) in [5.41, 5.74) is 0. The number of hydrogen-bond donors (Lipinski definition) is 1. The van der Waals surface area contributed by atoms with Gasteiger partial charge >= 0.3 is 0 Å². The molecule has 1 fully saturated rings. The van der Waals surface area contributed by atoms with Gasteiger partial charge in [-0.05, 0) is 19.4 Å². The fourth-order valence-electron chi connectivity index (χ4n) is 0.927. The first kappa shape index (κ1) is 5.76. The minimum Gasteiger partial charge on any atom is -0.307 e. The lowest BCUT2D eigenvalue weighted by atomic mass is 10.2. The van der Waals surface area contributed by atoms with Crippen molar-refractivity contribution in [2.45, 2.75) is 18.9 Å². The van der Waals surface area contributed by atoms with E-state index in [1.54, 1.807) is 0 Å². The molecule has 0 saturated carbocycles. The normalized spacial score (nSPS) is 28.4. The second-order valence-electron chi connectivity index (χ2n) is 2.05.